The van der Waals surface area contributed by atoms with Gasteiger partial charge < -0.3 is 14.0 Å². The lowest BCUT2D eigenvalue weighted by Crippen LogP contribution is -2.41. The summed E-state index contributed by atoms with van der Waals surface area (Å²) < 4.78 is 17.8. The Labute approximate surface area is 157 Å². The van der Waals surface area contributed by atoms with Crippen LogP contribution in [0.25, 0.3) is 6.08 Å². The van der Waals surface area contributed by atoms with Crippen LogP contribution in [0.15, 0.2) is 36.4 Å². The highest BCUT2D eigenvalue weighted by atomic mass is 16.7. The van der Waals surface area contributed by atoms with Gasteiger partial charge >= 0.3 is 13.1 Å². The third kappa shape index (κ3) is 4.04. The van der Waals surface area contributed by atoms with E-state index in [4.69, 9.17) is 14.0 Å². The van der Waals surface area contributed by atoms with E-state index in [2.05, 4.69) is 0 Å². The minimum absolute atomic E-state index is 0.0710. The maximum Gasteiger partial charge on any atom is 0.462 e. The topological polar surface area (TPSA) is 44.8 Å². The SMILES string of the molecule is CC1(C)OB([C@@H]2CCC[C@@H]2C(=O)OC/C=C/c2ccccc2)OC1(C)C. The molecule has 1 aliphatic carbocycles. The molecule has 1 saturated heterocycles. The molecular weight excluding hydrogens is 327 g/mol. The van der Waals surface area contributed by atoms with E-state index in [-0.39, 0.29) is 36.0 Å². The molecule has 1 saturated carbocycles. The van der Waals surface area contributed by atoms with Crippen molar-refractivity contribution in [2.24, 2.45) is 5.92 Å². The second-order valence-electron chi connectivity index (χ2n) is 8.27. The highest BCUT2D eigenvalue weighted by Crippen LogP contribution is 2.47. The Morgan fingerprint density at radius 1 is 1.15 bits per heavy atom. The minimum Gasteiger partial charge on any atom is -0.461 e. The van der Waals surface area contributed by atoms with Crippen molar-refractivity contribution in [1.29, 1.82) is 0 Å². The fourth-order valence-electron chi connectivity index (χ4n) is 3.66. The van der Waals surface area contributed by atoms with Crippen molar-refractivity contribution in [3.8, 4) is 0 Å². The Kier molecular flexibility index (Phi) is 5.59. The lowest BCUT2D eigenvalue weighted by molar-refractivity contribution is -0.147. The molecule has 1 aromatic rings. The van der Waals surface area contributed by atoms with Gasteiger partial charge in [0.15, 0.2) is 0 Å². The van der Waals surface area contributed by atoms with E-state index in [0.29, 0.717) is 6.61 Å². The summed E-state index contributed by atoms with van der Waals surface area (Å²) in [6.07, 6.45) is 6.64. The van der Waals surface area contributed by atoms with Crippen LogP contribution in [0.5, 0.6) is 0 Å². The van der Waals surface area contributed by atoms with Crippen molar-refractivity contribution in [1.82, 2.24) is 0 Å². The molecule has 2 aliphatic rings. The molecule has 4 nitrogen and oxygen atoms in total. The van der Waals surface area contributed by atoms with Crippen molar-refractivity contribution >= 4 is 19.2 Å². The zero-order chi connectivity index (χ0) is 18.8. The molecule has 0 unspecified atom stereocenters. The summed E-state index contributed by atoms with van der Waals surface area (Å²) in [6.45, 7) is 8.47. The van der Waals surface area contributed by atoms with Crippen LogP contribution in [0.1, 0.15) is 52.5 Å². The highest BCUT2D eigenvalue weighted by Gasteiger charge is 2.56. The summed E-state index contributed by atoms with van der Waals surface area (Å²) in [6, 6.07) is 9.99. The number of ether oxygens (including phenoxy) is 1. The van der Waals surface area contributed by atoms with Crippen molar-refractivity contribution < 1.29 is 18.8 Å². The Bertz CT molecular complexity index is 637. The molecule has 3 rings (SSSR count). The normalized spacial score (nSPS) is 27.2. The minimum atomic E-state index is -0.368. The van der Waals surface area contributed by atoms with E-state index < -0.39 is 0 Å². The van der Waals surface area contributed by atoms with Gasteiger partial charge in [-0.15, -0.1) is 0 Å². The van der Waals surface area contributed by atoms with Crippen LogP contribution in [-0.2, 0) is 18.8 Å². The number of benzene rings is 1. The van der Waals surface area contributed by atoms with Crippen LogP contribution in [0.2, 0.25) is 5.82 Å². The smallest absolute Gasteiger partial charge is 0.461 e. The summed E-state index contributed by atoms with van der Waals surface area (Å²) in [5, 5.41) is 0. The average molecular weight is 356 g/mol. The Hall–Kier alpha value is -1.59. The second-order valence-corrected chi connectivity index (χ2v) is 8.27. The van der Waals surface area contributed by atoms with E-state index >= 15 is 0 Å². The predicted molar refractivity (Wildman–Crippen MR) is 104 cm³/mol. The van der Waals surface area contributed by atoms with E-state index in [0.717, 1.165) is 24.8 Å². The Morgan fingerprint density at radius 3 is 2.46 bits per heavy atom. The van der Waals surface area contributed by atoms with Gasteiger partial charge in [0.1, 0.15) is 6.61 Å². The molecule has 140 valence electrons. The Morgan fingerprint density at radius 2 is 1.81 bits per heavy atom. The molecule has 0 radical (unpaired) electrons. The van der Waals surface area contributed by atoms with E-state index in [9.17, 15) is 4.79 Å². The number of esters is 1. The summed E-state index contributed by atoms with van der Waals surface area (Å²) in [7, 11) is -0.333. The molecule has 2 fully saturated rings. The van der Waals surface area contributed by atoms with Gasteiger partial charge in [0.25, 0.3) is 0 Å². The van der Waals surface area contributed by atoms with Gasteiger partial charge in [-0.1, -0.05) is 49.2 Å². The highest BCUT2D eigenvalue weighted by molar-refractivity contribution is 6.48. The summed E-state index contributed by atoms with van der Waals surface area (Å²) >= 11 is 0. The summed E-state index contributed by atoms with van der Waals surface area (Å²) in [4.78, 5) is 12.6. The lowest BCUT2D eigenvalue weighted by atomic mass is 9.66. The van der Waals surface area contributed by atoms with Crippen LogP contribution in [0.4, 0.5) is 0 Å². The molecule has 1 heterocycles. The summed E-state index contributed by atoms with van der Waals surface area (Å²) in [5.41, 5.74) is 0.361. The van der Waals surface area contributed by atoms with E-state index in [1.165, 1.54) is 0 Å². The van der Waals surface area contributed by atoms with Gasteiger partial charge in [-0.25, -0.2) is 0 Å². The number of carbonyl (C=O) groups excluding carboxylic acids is 1. The van der Waals surface area contributed by atoms with Crippen LogP contribution >= 0.6 is 0 Å². The third-order valence-corrected chi connectivity index (χ3v) is 5.92. The molecule has 26 heavy (non-hydrogen) atoms. The van der Waals surface area contributed by atoms with E-state index in [1.807, 2.05) is 70.2 Å². The predicted octanol–water partition coefficient (Wildman–Crippen LogP) is 4.51. The molecule has 0 aromatic heterocycles. The van der Waals surface area contributed by atoms with Crippen molar-refractivity contribution in [2.75, 3.05) is 6.61 Å². The molecule has 0 N–H and O–H groups in total. The van der Waals surface area contributed by atoms with Crippen molar-refractivity contribution in [3.63, 3.8) is 0 Å². The monoisotopic (exact) mass is 356 g/mol. The van der Waals surface area contributed by atoms with Gasteiger partial charge in [0.05, 0.1) is 17.1 Å². The molecule has 0 spiro atoms. The molecule has 0 amide bonds. The van der Waals surface area contributed by atoms with Crippen LogP contribution < -0.4 is 0 Å². The molecule has 2 atom stereocenters. The Balaban J connectivity index is 1.55. The first kappa shape index (κ1) is 19.2. The average Bonchev–Trinajstić information content (AvgIpc) is 3.15. The second kappa shape index (κ2) is 7.57. The van der Waals surface area contributed by atoms with Crippen LogP contribution in [-0.4, -0.2) is 30.9 Å². The quantitative estimate of drug-likeness (QED) is 0.575. The fourth-order valence-corrected chi connectivity index (χ4v) is 3.66. The van der Waals surface area contributed by atoms with Gasteiger partial charge in [-0.3, -0.25) is 4.79 Å². The maximum atomic E-state index is 12.6. The molecular formula is C21H29BO4. The zero-order valence-corrected chi connectivity index (χ0v) is 16.2. The number of rotatable bonds is 5. The van der Waals surface area contributed by atoms with E-state index in [1.54, 1.807) is 0 Å². The number of hydrogen-bond donors (Lipinski definition) is 0. The first-order chi connectivity index (χ1) is 12.3. The molecule has 0 bridgehead atoms. The van der Waals surface area contributed by atoms with Gasteiger partial charge in [-0.05, 0) is 45.8 Å². The van der Waals surface area contributed by atoms with Gasteiger partial charge in [0, 0.05) is 5.82 Å². The van der Waals surface area contributed by atoms with Gasteiger partial charge in [0.2, 0.25) is 0 Å². The standard InChI is InChI=1S/C21H29BO4/c1-20(2)21(3,4)26-22(25-20)18-14-8-13-17(18)19(23)24-15-9-12-16-10-6-5-7-11-16/h5-7,9-12,17-18H,8,13-15H2,1-4H3/b12-9+/t17-,18+/m0/s1. The lowest BCUT2D eigenvalue weighted by Gasteiger charge is -2.32. The molecule has 1 aromatic carbocycles. The maximum absolute atomic E-state index is 12.6. The summed E-state index contributed by atoms with van der Waals surface area (Å²) in [5.74, 6) is -0.212. The molecule has 5 heteroatoms. The largest absolute Gasteiger partial charge is 0.462 e. The van der Waals surface area contributed by atoms with Gasteiger partial charge in [-0.2, -0.15) is 0 Å². The molecule has 1 aliphatic heterocycles. The van der Waals surface area contributed by atoms with Crippen molar-refractivity contribution in [3.05, 3.63) is 42.0 Å². The zero-order valence-electron chi connectivity index (χ0n) is 16.2. The third-order valence-electron chi connectivity index (χ3n) is 5.92. The van der Waals surface area contributed by atoms with Crippen molar-refractivity contribution in [2.45, 2.75) is 64.0 Å². The number of hydrogen-bond acceptors (Lipinski definition) is 4. The fraction of sp³-hybridized carbons (Fsp3) is 0.571. The first-order valence-electron chi connectivity index (χ1n) is 9.54. The first-order valence-corrected chi connectivity index (χ1v) is 9.54. The van der Waals surface area contributed by atoms with Crippen LogP contribution in [0.3, 0.4) is 0 Å². The number of carbonyl (C=O) groups is 1. The van der Waals surface area contributed by atoms with Crippen LogP contribution in [0, 0.1) is 5.92 Å².